The monoisotopic (exact) mass is 462 g/mol. The molecule has 1 atom stereocenters. The summed E-state index contributed by atoms with van der Waals surface area (Å²) in [5, 5.41) is 3.57. The van der Waals surface area contributed by atoms with Crippen molar-refractivity contribution in [2.45, 2.75) is 43.2 Å². The molecular formula is C24H26N6O2S. The van der Waals surface area contributed by atoms with E-state index < -0.39 is 10.8 Å². The van der Waals surface area contributed by atoms with Gasteiger partial charge >= 0.3 is 0 Å². The summed E-state index contributed by atoms with van der Waals surface area (Å²) in [4.78, 5) is 21.5. The summed E-state index contributed by atoms with van der Waals surface area (Å²) in [6.07, 6.45) is 7.06. The zero-order chi connectivity index (χ0) is 22.2. The lowest BCUT2D eigenvalue weighted by Crippen LogP contribution is -2.33. The first-order valence-electron chi connectivity index (χ1n) is 11.5. The number of rotatable bonds is 4. The number of benzene rings is 1. The Labute approximate surface area is 195 Å². The van der Waals surface area contributed by atoms with Crippen molar-refractivity contribution in [1.82, 2.24) is 19.9 Å². The highest BCUT2D eigenvalue weighted by molar-refractivity contribution is 7.85. The zero-order valence-corrected chi connectivity index (χ0v) is 19.2. The number of hydrogen-bond donors (Lipinski definition) is 1. The van der Waals surface area contributed by atoms with Crippen LogP contribution in [0.4, 0.5) is 11.8 Å². The van der Waals surface area contributed by atoms with Gasteiger partial charge in [-0.15, -0.1) is 0 Å². The van der Waals surface area contributed by atoms with Crippen LogP contribution in [-0.2, 0) is 34.9 Å². The Morgan fingerprint density at radius 3 is 2.76 bits per heavy atom. The largest absolute Gasteiger partial charge is 0.381 e. The molecule has 0 amide bonds. The van der Waals surface area contributed by atoms with E-state index in [4.69, 9.17) is 14.7 Å². The van der Waals surface area contributed by atoms with Crippen molar-refractivity contribution >= 4 is 22.6 Å². The van der Waals surface area contributed by atoms with Gasteiger partial charge in [-0.05, 0) is 42.5 Å². The van der Waals surface area contributed by atoms with Gasteiger partial charge in [0, 0.05) is 62.5 Å². The highest BCUT2D eigenvalue weighted by atomic mass is 32.2. The van der Waals surface area contributed by atoms with Crippen molar-refractivity contribution in [3.05, 3.63) is 53.5 Å². The second-order valence-corrected chi connectivity index (χ2v) is 10.2. The topological polar surface area (TPSA) is 93.1 Å². The average Bonchev–Trinajstić information content (AvgIpc) is 3.25. The van der Waals surface area contributed by atoms with Crippen LogP contribution in [0.2, 0.25) is 0 Å². The summed E-state index contributed by atoms with van der Waals surface area (Å²) >= 11 is 0. The number of aromatic nitrogens is 4. The maximum Gasteiger partial charge on any atom is 0.227 e. The fourth-order valence-corrected chi connectivity index (χ4v) is 6.08. The van der Waals surface area contributed by atoms with Crippen molar-refractivity contribution in [3.63, 3.8) is 0 Å². The van der Waals surface area contributed by atoms with E-state index in [-0.39, 0.29) is 0 Å². The lowest BCUT2D eigenvalue weighted by Gasteiger charge is -2.30. The van der Waals surface area contributed by atoms with E-state index >= 15 is 0 Å². The molecule has 1 fully saturated rings. The SMILES string of the molecule is O=S1CCc2nc(N3CCc4cc(-c5ncccn5)ccc4C3)nc(NC3CCOCC3)c21. The van der Waals surface area contributed by atoms with Gasteiger partial charge in [-0.1, -0.05) is 12.1 Å². The number of anilines is 2. The molecule has 8 nitrogen and oxygen atoms in total. The van der Waals surface area contributed by atoms with E-state index in [2.05, 4.69) is 38.4 Å². The number of hydrogen-bond acceptors (Lipinski definition) is 8. The van der Waals surface area contributed by atoms with Crippen LogP contribution in [0.5, 0.6) is 0 Å². The highest BCUT2D eigenvalue weighted by Gasteiger charge is 2.29. The van der Waals surface area contributed by atoms with Gasteiger partial charge in [-0.3, -0.25) is 4.21 Å². The van der Waals surface area contributed by atoms with Crippen LogP contribution in [0, 0.1) is 0 Å². The number of nitrogens with zero attached hydrogens (tertiary/aromatic N) is 5. The van der Waals surface area contributed by atoms with E-state index in [9.17, 15) is 4.21 Å². The zero-order valence-electron chi connectivity index (χ0n) is 18.4. The molecule has 0 radical (unpaired) electrons. The maximum absolute atomic E-state index is 12.7. The number of fused-ring (bicyclic) bond motifs is 2. The van der Waals surface area contributed by atoms with Crippen LogP contribution in [0.1, 0.15) is 29.7 Å². The molecule has 0 aliphatic carbocycles. The second-order valence-electron chi connectivity index (χ2n) is 8.71. The van der Waals surface area contributed by atoms with E-state index in [0.29, 0.717) is 11.8 Å². The first-order valence-corrected chi connectivity index (χ1v) is 12.8. The van der Waals surface area contributed by atoms with E-state index in [1.54, 1.807) is 12.4 Å². The average molecular weight is 463 g/mol. The van der Waals surface area contributed by atoms with Crippen molar-refractivity contribution in [1.29, 1.82) is 0 Å². The molecule has 0 spiro atoms. The molecular weight excluding hydrogens is 436 g/mol. The third-order valence-corrected chi connectivity index (χ3v) is 8.02. The Balaban J connectivity index is 1.28. The number of ether oxygens (including phenoxy) is 1. The lowest BCUT2D eigenvalue weighted by molar-refractivity contribution is 0.0903. The van der Waals surface area contributed by atoms with E-state index in [0.717, 1.165) is 85.7 Å². The third kappa shape index (κ3) is 4.11. The normalized spacial score (nSPS) is 20.4. The van der Waals surface area contributed by atoms with Crippen LogP contribution in [0.3, 0.4) is 0 Å². The number of nitrogens with one attached hydrogen (secondary N) is 1. The molecule has 9 heteroatoms. The molecule has 1 unspecified atom stereocenters. The standard InChI is InChI=1S/C24H26N6O2S/c31-33-13-7-20-21(33)23(27-19-5-11-32-12-6-19)29-24(28-20)30-10-4-16-14-17(2-3-18(16)15-30)22-25-8-1-9-26-22/h1-3,8-9,14,19H,4-7,10-13,15H2,(H,27,28,29). The van der Waals surface area contributed by atoms with Gasteiger partial charge in [0.2, 0.25) is 5.95 Å². The summed E-state index contributed by atoms with van der Waals surface area (Å²) in [5.41, 5.74) is 4.56. The fraction of sp³-hybridized carbons (Fsp3) is 0.417. The van der Waals surface area contributed by atoms with Gasteiger partial charge in [-0.25, -0.2) is 15.0 Å². The molecule has 1 saturated heterocycles. The van der Waals surface area contributed by atoms with Crippen LogP contribution < -0.4 is 10.2 Å². The van der Waals surface area contributed by atoms with Crippen LogP contribution in [0.15, 0.2) is 41.6 Å². The molecule has 3 aromatic rings. The molecule has 1 N–H and O–H groups in total. The van der Waals surface area contributed by atoms with Crippen molar-refractivity contribution in [2.24, 2.45) is 0 Å². The van der Waals surface area contributed by atoms with Gasteiger partial charge in [-0.2, -0.15) is 4.98 Å². The Morgan fingerprint density at radius 2 is 1.91 bits per heavy atom. The molecule has 6 rings (SSSR count). The molecule has 2 aromatic heterocycles. The molecule has 0 bridgehead atoms. The first-order chi connectivity index (χ1) is 16.2. The van der Waals surface area contributed by atoms with Gasteiger partial charge < -0.3 is 15.0 Å². The van der Waals surface area contributed by atoms with Gasteiger partial charge in [0.15, 0.2) is 5.82 Å². The lowest BCUT2D eigenvalue weighted by atomic mass is 9.97. The smallest absolute Gasteiger partial charge is 0.227 e. The van der Waals surface area contributed by atoms with Gasteiger partial charge in [0.05, 0.1) is 16.5 Å². The third-order valence-electron chi connectivity index (χ3n) is 6.56. The first kappa shape index (κ1) is 20.7. The quantitative estimate of drug-likeness (QED) is 0.633. The van der Waals surface area contributed by atoms with Crippen molar-refractivity contribution in [3.8, 4) is 11.4 Å². The predicted molar refractivity (Wildman–Crippen MR) is 127 cm³/mol. The molecule has 33 heavy (non-hydrogen) atoms. The van der Waals surface area contributed by atoms with Crippen molar-refractivity contribution < 1.29 is 8.95 Å². The summed E-state index contributed by atoms with van der Waals surface area (Å²) in [7, 11) is -1.03. The van der Waals surface area contributed by atoms with Gasteiger partial charge in [0.25, 0.3) is 0 Å². The number of aryl methyl sites for hydroxylation is 1. The molecule has 3 aliphatic rings. The predicted octanol–water partition coefficient (Wildman–Crippen LogP) is 2.75. The Bertz CT molecular complexity index is 1200. The Kier molecular flexibility index (Phi) is 5.51. The minimum atomic E-state index is -1.03. The molecule has 1 aromatic carbocycles. The summed E-state index contributed by atoms with van der Waals surface area (Å²) in [5.74, 6) is 2.85. The summed E-state index contributed by atoms with van der Waals surface area (Å²) in [6.45, 7) is 3.09. The second kappa shape index (κ2) is 8.79. The van der Waals surface area contributed by atoms with Gasteiger partial charge in [0.1, 0.15) is 10.7 Å². The molecule has 5 heterocycles. The van der Waals surface area contributed by atoms with Crippen LogP contribution in [-0.4, -0.2) is 55.7 Å². The highest BCUT2D eigenvalue weighted by Crippen LogP contribution is 2.33. The summed E-state index contributed by atoms with van der Waals surface area (Å²) < 4.78 is 18.2. The molecule has 170 valence electrons. The van der Waals surface area contributed by atoms with Crippen LogP contribution in [0.25, 0.3) is 11.4 Å². The van der Waals surface area contributed by atoms with E-state index in [1.807, 2.05) is 6.07 Å². The molecule has 0 saturated carbocycles. The minimum Gasteiger partial charge on any atom is -0.381 e. The van der Waals surface area contributed by atoms with E-state index in [1.165, 1.54) is 11.1 Å². The molecule has 3 aliphatic heterocycles. The Morgan fingerprint density at radius 1 is 1.06 bits per heavy atom. The summed E-state index contributed by atoms with van der Waals surface area (Å²) in [6, 6.07) is 8.58. The fourth-order valence-electron chi connectivity index (χ4n) is 4.77. The van der Waals surface area contributed by atoms with Crippen LogP contribution >= 0.6 is 0 Å². The maximum atomic E-state index is 12.7. The Hall–Kier alpha value is -2.91. The van der Waals surface area contributed by atoms with Crippen molar-refractivity contribution in [2.75, 3.05) is 35.7 Å². The minimum absolute atomic E-state index is 0.295.